The second kappa shape index (κ2) is 5.88. The van der Waals surface area contributed by atoms with E-state index in [0.29, 0.717) is 27.8 Å². The fraction of sp³-hybridized carbons (Fsp3) is 0. The van der Waals surface area contributed by atoms with Crippen molar-refractivity contribution in [2.75, 3.05) is 0 Å². The van der Waals surface area contributed by atoms with Gasteiger partial charge in [-0.1, -0.05) is 30.0 Å². The van der Waals surface area contributed by atoms with E-state index in [1.54, 1.807) is 42.5 Å². The van der Waals surface area contributed by atoms with Gasteiger partial charge in [-0.15, -0.1) is 0 Å². The van der Waals surface area contributed by atoms with E-state index in [0.717, 1.165) is 0 Å². The Morgan fingerprint density at radius 2 is 1.05 bits per heavy atom. The van der Waals surface area contributed by atoms with Gasteiger partial charge in [-0.25, -0.2) is 0 Å². The molecule has 0 fully saturated rings. The van der Waals surface area contributed by atoms with Gasteiger partial charge in [-0.05, 0) is 24.3 Å². The highest BCUT2D eigenvalue weighted by Crippen LogP contribution is 2.13. The van der Waals surface area contributed by atoms with E-state index < -0.39 is 0 Å². The Morgan fingerprint density at radius 1 is 0.550 bits per heavy atom. The first-order valence-corrected chi connectivity index (χ1v) is 5.74. The number of hydrogen-bond acceptors (Lipinski definition) is 3. The van der Waals surface area contributed by atoms with E-state index in [1.807, 2.05) is 12.1 Å². The molecule has 2 rings (SSSR count). The Kier molecular flexibility index (Phi) is 3.80. The molecule has 0 aliphatic rings. The lowest BCUT2D eigenvalue weighted by Crippen LogP contribution is -1.89. The lowest BCUT2D eigenvalue weighted by Gasteiger charge is -1.98. The summed E-state index contributed by atoms with van der Waals surface area (Å²) in [6, 6.07) is 17.9. The number of benzene rings is 2. The highest BCUT2D eigenvalue weighted by Gasteiger charge is 2.05. The molecular formula is C17H7N3. The standard InChI is InChI=1S/C17H7N3/c18-10-14-5-2-1-4-13(14)8-9-17-15(11-19)6-3-7-16(17)12-20/h1-7H. The largest absolute Gasteiger partial charge is 0.192 e. The summed E-state index contributed by atoms with van der Waals surface area (Å²) < 4.78 is 0. The van der Waals surface area contributed by atoms with Crippen LogP contribution in [0.4, 0.5) is 0 Å². The molecule has 3 nitrogen and oxygen atoms in total. The number of rotatable bonds is 0. The zero-order valence-electron chi connectivity index (χ0n) is 10.4. The quantitative estimate of drug-likeness (QED) is 0.677. The van der Waals surface area contributed by atoms with Crippen LogP contribution in [-0.4, -0.2) is 0 Å². The predicted octanol–water partition coefficient (Wildman–Crippen LogP) is 2.70. The smallest absolute Gasteiger partial charge is 0.100 e. The third kappa shape index (κ3) is 2.49. The number of hydrogen-bond donors (Lipinski definition) is 0. The second-order valence-electron chi connectivity index (χ2n) is 3.86. The molecular weight excluding hydrogens is 246 g/mol. The van der Waals surface area contributed by atoms with Crippen molar-refractivity contribution in [3.8, 4) is 30.0 Å². The van der Waals surface area contributed by atoms with Crippen molar-refractivity contribution < 1.29 is 0 Å². The Labute approximate surface area is 116 Å². The van der Waals surface area contributed by atoms with Crippen LogP contribution >= 0.6 is 0 Å². The fourth-order valence-electron chi connectivity index (χ4n) is 1.69. The first kappa shape index (κ1) is 12.9. The topological polar surface area (TPSA) is 71.4 Å². The Balaban J connectivity index is 2.58. The van der Waals surface area contributed by atoms with Crippen LogP contribution in [0.25, 0.3) is 0 Å². The van der Waals surface area contributed by atoms with Crippen LogP contribution in [0.5, 0.6) is 0 Å². The molecule has 0 saturated carbocycles. The summed E-state index contributed by atoms with van der Waals surface area (Å²) >= 11 is 0. The SMILES string of the molecule is N#Cc1ccccc1C#Cc1c(C#N)cccc1C#N. The molecule has 0 unspecified atom stereocenters. The summed E-state index contributed by atoms with van der Waals surface area (Å²) in [7, 11) is 0. The van der Waals surface area contributed by atoms with E-state index in [4.69, 9.17) is 15.8 Å². The van der Waals surface area contributed by atoms with Crippen molar-refractivity contribution in [2.24, 2.45) is 0 Å². The van der Waals surface area contributed by atoms with Gasteiger partial charge in [0.25, 0.3) is 0 Å². The summed E-state index contributed by atoms with van der Waals surface area (Å²) in [5.74, 6) is 5.68. The van der Waals surface area contributed by atoms with Crippen LogP contribution in [0, 0.1) is 45.8 Å². The molecule has 2 aromatic rings. The fourth-order valence-corrected chi connectivity index (χ4v) is 1.69. The van der Waals surface area contributed by atoms with Crippen molar-refractivity contribution in [2.45, 2.75) is 0 Å². The monoisotopic (exact) mass is 253 g/mol. The zero-order valence-corrected chi connectivity index (χ0v) is 10.4. The van der Waals surface area contributed by atoms with Crippen molar-refractivity contribution in [1.82, 2.24) is 0 Å². The van der Waals surface area contributed by atoms with E-state index in [-0.39, 0.29) is 0 Å². The molecule has 2 aromatic carbocycles. The van der Waals surface area contributed by atoms with E-state index in [1.165, 1.54) is 0 Å². The molecule has 0 N–H and O–H groups in total. The summed E-state index contributed by atoms with van der Waals surface area (Å²) in [5.41, 5.74) is 2.14. The highest BCUT2D eigenvalue weighted by atomic mass is 14.3. The van der Waals surface area contributed by atoms with Crippen molar-refractivity contribution in [3.63, 3.8) is 0 Å². The summed E-state index contributed by atoms with van der Waals surface area (Å²) in [5, 5.41) is 27.1. The normalized spacial score (nSPS) is 8.45. The van der Waals surface area contributed by atoms with Crippen LogP contribution in [0.1, 0.15) is 27.8 Å². The van der Waals surface area contributed by atoms with Gasteiger partial charge in [0.05, 0.1) is 22.3 Å². The Hall–Kier alpha value is -3.53. The average Bonchev–Trinajstić information content (AvgIpc) is 2.52. The van der Waals surface area contributed by atoms with Crippen molar-refractivity contribution in [3.05, 3.63) is 70.3 Å². The van der Waals surface area contributed by atoms with Gasteiger partial charge in [-0.3, -0.25) is 0 Å². The van der Waals surface area contributed by atoms with Gasteiger partial charge in [0.15, 0.2) is 0 Å². The van der Waals surface area contributed by atoms with Gasteiger partial charge in [0.2, 0.25) is 0 Å². The average molecular weight is 253 g/mol. The van der Waals surface area contributed by atoms with Crippen LogP contribution in [0.15, 0.2) is 42.5 Å². The van der Waals surface area contributed by atoms with Gasteiger partial charge >= 0.3 is 0 Å². The van der Waals surface area contributed by atoms with Crippen molar-refractivity contribution >= 4 is 0 Å². The second-order valence-corrected chi connectivity index (χ2v) is 3.86. The molecule has 0 aromatic heterocycles. The molecule has 90 valence electrons. The minimum absolute atomic E-state index is 0.353. The summed E-state index contributed by atoms with van der Waals surface area (Å²) in [4.78, 5) is 0. The van der Waals surface area contributed by atoms with Crippen LogP contribution in [0.2, 0.25) is 0 Å². The molecule has 0 bridgehead atoms. The minimum Gasteiger partial charge on any atom is -0.192 e. The van der Waals surface area contributed by atoms with Crippen LogP contribution < -0.4 is 0 Å². The molecule has 0 radical (unpaired) electrons. The zero-order chi connectivity index (χ0) is 14.4. The van der Waals surface area contributed by atoms with E-state index >= 15 is 0 Å². The Bertz CT molecular complexity index is 815. The molecule has 0 spiro atoms. The summed E-state index contributed by atoms with van der Waals surface area (Å²) in [6.07, 6.45) is 0. The third-order valence-electron chi connectivity index (χ3n) is 2.68. The molecule has 0 aliphatic heterocycles. The highest BCUT2D eigenvalue weighted by molar-refractivity contribution is 5.59. The van der Waals surface area contributed by atoms with E-state index in [9.17, 15) is 0 Å². The maximum Gasteiger partial charge on any atom is 0.100 e. The maximum atomic E-state index is 9.06. The first-order chi connectivity index (χ1) is 9.80. The van der Waals surface area contributed by atoms with E-state index in [2.05, 4.69) is 17.9 Å². The lowest BCUT2D eigenvalue weighted by molar-refractivity contribution is 1.42. The lowest BCUT2D eigenvalue weighted by atomic mass is 10.0. The van der Waals surface area contributed by atoms with Gasteiger partial charge in [0, 0.05) is 5.56 Å². The third-order valence-corrected chi connectivity index (χ3v) is 2.68. The number of nitrogens with zero attached hydrogens (tertiary/aromatic N) is 3. The molecule has 0 amide bonds. The molecule has 20 heavy (non-hydrogen) atoms. The van der Waals surface area contributed by atoms with Crippen molar-refractivity contribution in [1.29, 1.82) is 15.8 Å². The molecule has 0 atom stereocenters. The van der Waals surface area contributed by atoms with Crippen LogP contribution in [-0.2, 0) is 0 Å². The predicted molar refractivity (Wildman–Crippen MR) is 73.0 cm³/mol. The minimum atomic E-state index is 0.353. The van der Waals surface area contributed by atoms with Gasteiger partial charge < -0.3 is 0 Å². The number of nitriles is 3. The Morgan fingerprint density at radius 3 is 1.60 bits per heavy atom. The first-order valence-electron chi connectivity index (χ1n) is 5.74. The molecule has 0 aliphatic carbocycles. The molecule has 0 saturated heterocycles. The van der Waals surface area contributed by atoms with Crippen LogP contribution in [0.3, 0.4) is 0 Å². The molecule has 3 heteroatoms. The van der Waals surface area contributed by atoms with Gasteiger partial charge in [-0.2, -0.15) is 15.8 Å². The summed E-state index contributed by atoms with van der Waals surface area (Å²) in [6.45, 7) is 0. The molecule has 0 heterocycles. The maximum absolute atomic E-state index is 9.06. The van der Waals surface area contributed by atoms with Gasteiger partial charge in [0.1, 0.15) is 18.2 Å².